The van der Waals surface area contributed by atoms with Gasteiger partial charge < -0.3 is 9.47 Å². The molecule has 1 aliphatic heterocycles. The SMILES string of the molecule is Cc1ccc(C2(C)COC(C)(C)OC2)nc1.O=C=O. The normalized spacial score (nSPS) is 19.8. The zero-order valence-electron chi connectivity index (χ0n) is 11.7. The van der Waals surface area contributed by atoms with Gasteiger partial charge in [-0.15, -0.1) is 0 Å². The quantitative estimate of drug-likeness (QED) is 0.775. The molecule has 104 valence electrons. The molecule has 5 nitrogen and oxygen atoms in total. The minimum absolute atomic E-state index is 0.136. The molecule has 2 rings (SSSR count). The largest absolute Gasteiger partial charge is 0.373 e. The zero-order chi connectivity index (χ0) is 14.5. The molecule has 2 heterocycles. The Morgan fingerprint density at radius 1 is 1.16 bits per heavy atom. The maximum atomic E-state index is 8.12. The number of hydrogen-bond donors (Lipinski definition) is 0. The van der Waals surface area contributed by atoms with E-state index in [9.17, 15) is 0 Å². The van der Waals surface area contributed by atoms with Gasteiger partial charge in [0.15, 0.2) is 5.79 Å². The van der Waals surface area contributed by atoms with E-state index in [1.165, 1.54) is 5.56 Å². The number of aryl methyl sites for hydroxylation is 1. The van der Waals surface area contributed by atoms with Crippen molar-refractivity contribution in [2.45, 2.75) is 38.9 Å². The van der Waals surface area contributed by atoms with Gasteiger partial charge in [0, 0.05) is 6.20 Å². The molecule has 1 aromatic heterocycles. The molecule has 1 fully saturated rings. The van der Waals surface area contributed by atoms with Crippen molar-refractivity contribution in [1.29, 1.82) is 0 Å². The van der Waals surface area contributed by atoms with Gasteiger partial charge in [0.25, 0.3) is 0 Å². The van der Waals surface area contributed by atoms with Gasteiger partial charge in [-0.1, -0.05) is 6.07 Å². The molecule has 0 spiro atoms. The highest BCUT2D eigenvalue weighted by Gasteiger charge is 2.38. The summed E-state index contributed by atoms with van der Waals surface area (Å²) in [4.78, 5) is 20.7. The van der Waals surface area contributed by atoms with Crippen LogP contribution in [-0.2, 0) is 24.5 Å². The molecule has 0 saturated carbocycles. The van der Waals surface area contributed by atoms with Crippen LogP contribution in [0.2, 0.25) is 0 Å². The molecule has 19 heavy (non-hydrogen) atoms. The van der Waals surface area contributed by atoms with E-state index in [2.05, 4.69) is 24.0 Å². The minimum atomic E-state index is -0.468. The summed E-state index contributed by atoms with van der Waals surface area (Å²) in [5.74, 6) is -0.468. The molecule has 5 heteroatoms. The zero-order valence-corrected chi connectivity index (χ0v) is 11.7. The lowest BCUT2D eigenvalue weighted by molar-refractivity contribution is -0.267. The molecule has 0 amide bonds. The highest BCUT2D eigenvalue weighted by Crippen LogP contribution is 2.31. The maximum Gasteiger partial charge on any atom is 0.373 e. The highest BCUT2D eigenvalue weighted by atomic mass is 16.7. The van der Waals surface area contributed by atoms with E-state index in [0.717, 1.165) is 5.69 Å². The van der Waals surface area contributed by atoms with Gasteiger partial charge in [0.05, 0.1) is 24.3 Å². The second-order valence-corrected chi connectivity index (χ2v) is 5.34. The third-order valence-electron chi connectivity index (χ3n) is 3.01. The molecule has 0 N–H and O–H groups in total. The fourth-order valence-corrected chi connectivity index (χ4v) is 1.72. The number of pyridine rings is 1. The summed E-state index contributed by atoms with van der Waals surface area (Å²) in [5.41, 5.74) is 2.07. The number of nitrogens with zero attached hydrogens (tertiary/aromatic N) is 1. The van der Waals surface area contributed by atoms with Gasteiger partial charge in [0.1, 0.15) is 0 Å². The maximum absolute atomic E-state index is 8.12. The Morgan fingerprint density at radius 2 is 1.68 bits per heavy atom. The van der Waals surface area contributed by atoms with Crippen molar-refractivity contribution < 1.29 is 19.1 Å². The Labute approximate surface area is 112 Å². The summed E-state index contributed by atoms with van der Waals surface area (Å²) < 4.78 is 11.4. The molecule has 0 radical (unpaired) electrons. The summed E-state index contributed by atoms with van der Waals surface area (Å²) in [6.45, 7) is 9.34. The molecule has 0 unspecified atom stereocenters. The van der Waals surface area contributed by atoms with Crippen LogP contribution in [0.5, 0.6) is 0 Å². The van der Waals surface area contributed by atoms with Crippen molar-refractivity contribution in [2.24, 2.45) is 0 Å². The molecule has 0 bridgehead atoms. The summed E-state index contributed by atoms with van der Waals surface area (Å²) in [5, 5.41) is 0. The first-order valence-corrected chi connectivity index (χ1v) is 6.03. The van der Waals surface area contributed by atoms with E-state index in [-0.39, 0.29) is 11.6 Å². The minimum Gasteiger partial charge on any atom is -0.349 e. The lowest BCUT2D eigenvalue weighted by Crippen LogP contribution is -2.47. The lowest BCUT2D eigenvalue weighted by Gasteiger charge is -2.41. The predicted octanol–water partition coefficient (Wildman–Crippen LogP) is 1.85. The molecule has 1 aromatic rings. The van der Waals surface area contributed by atoms with E-state index in [4.69, 9.17) is 19.1 Å². The van der Waals surface area contributed by atoms with Gasteiger partial charge in [-0.2, -0.15) is 9.59 Å². The van der Waals surface area contributed by atoms with Crippen LogP contribution >= 0.6 is 0 Å². The van der Waals surface area contributed by atoms with Gasteiger partial charge in [-0.3, -0.25) is 4.98 Å². The summed E-state index contributed by atoms with van der Waals surface area (Å²) in [7, 11) is 0. The fourth-order valence-electron chi connectivity index (χ4n) is 1.72. The summed E-state index contributed by atoms with van der Waals surface area (Å²) in [6.07, 6.45) is 2.14. The Kier molecular flexibility index (Phi) is 4.95. The predicted molar refractivity (Wildman–Crippen MR) is 67.3 cm³/mol. The van der Waals surface area contributed by atoms with Crippen LogP contribution in [0, 0.1) is 6.92 Å². The highest BCUT2D eigenvalue weighted by molar-refractivity contribution is 5.21. The monoisotopic (exact) mass is 265 g/mol. The van der Waals surface area contributed by atoms with Crippen molar-refractivity contribution in [3.05, 3.63) is 29.6 Å². The number of hydrogen-bond acceptors (Lipinski definition) is 5. The summed E-state index contributed by atoms with van der Waals surface area (Å²) in [6, 6.07) is 4.13. The third kappa shape index (κ3) is 4.24. The van der Waals surface area contributed by atoms with E-state index < -0.39 is 5.79 Å². The Bertz CT molecular complexity index is 437. The fraction of sp³-hybridized carbons (Fsp3) is 0.571. The number of aromatic nitrogens is 1. The van der Waals surface area contributed by atoms with Gasteiger partial charge >= 0.3 is 6.15 Å². The first-order valence-electron chi connectivity index (χ1n) is 6.03. The van der Waals surface area contributed by atoms with Crippen LogP contribution in [0.15, 0.2) is 18.3 Å². The second-order valence-electron chi connectivity index (χ2n) is 5.34. The van der Waals surface area contributed by atoms with Crippen LogP contribution in [0.3, 0.4) is 0 Å². The van der Waals surface area contributed by atoms with Crippen LogP contribution < -0.4 is 0 Å². The van der Waals surface area contributed by atoms with Gasteiger partial charge in [-0.05, 0) is 39.3 Å². The van der Waals surface area contributed by atoms with Crippen molar-refractivity contribution in [3.8, 4) is 0 Å². The first kappa shape index (κ1) is 15.5. The van der Waals surface area contributed by atoms with Crippen LogP contribution in [0.1, 0.15) is 32.0 Å². The van der Waals surface area contributed by atoms with Crippen molar-refractivity contribution in [1.82, 2.24) is 4.98 Å². The lowest BCUT2D eigenvalue weighted by atomic mass is 9.87. The van der Waals surface area contributed by atoms with E-state index in [0.29, 0.717) is 13.2 Å². The topological polar surface area (TPSA) is 65.5 Å². The number of ether oxygens (including phenoxy) is 2. The first-order chi connectivity index (χ1) is 8.83. The van der Waals surface area contributed by atoms with E-state index in [1.54, 1.807) is 0 Å². The molecule has 0 aliphatic carbocycles. The Morgan fingerprint density at radius 3 is 2.11 bits per heavy atom. The molecular weight excluding hydrogens is 246 g/mol. The van der Waals surface area contributed by atoms with Crippen molar-refractivity contribution >= 4 is 6.15 Å². The van der Waals surface area contributed by atoms with Crippen LogP contribution in [0.25, 0.3) is 0 Å². The molecular formula is C14H19NO4. The molecule has 1 saturated heterocycles. The van der Waals surface area contributed by atoms with Crippen molar-refractivity contribution in [3.63, 3.8) is 0 Å². The molecule has 0 aromatic carbocycles. The van der Waals surface area contributed by atoms with Gasteiger partial charge in [-0.25, -0.2) is 0 Å². The van der Waals surface area contributed by atoms with Crippen molar-refractivity contribution in [2.75, 3.05) is 13.2 Å². The smallest absolute Gasteiger partial charge is 0.349 e. The van der Waals surface area contributed by atoms with Gasteiger partial charge in [0.2, 0.25) is 0 Å². The Balaban J connectivity index is 0.000000550. The third-order valence-corrected chi connectivity index (χ3v) is 3.01. The molecule has 0 atom stereocenters. The van der Waals surface area contributed by atoms with E-state index in [1.807, 2.05) is 27.0 Å². The van der Waals surface area contributed by atoms with Crippen LogP contribution in [-0.4, -0.2) is 30.1 Å². The standard InChI is InChI=1S/C13H19NO2.CO2/c1-10-5-6-11(14-7-10)13(4)8-15-12(2,3)16-9-13;2-1-3/h5-7H,8-9H2,1-4H3;. The Hall–Kier alpha value is -1.55. The summed E-state index contributed by atoms with van der Waals surface area (Å²) >= 11 is 0. The van der Waals surface area contributed by atoms with Crippen LogP contribution in [0.4, 0.5) is 0 Å². The average molecular weight is 265 g/mol. The number of rotatable bonds is 1. The second kappa shape index (κ2) is 6.06. The average Bonchev–Trinajstić information content (AvgIpc) is 2.35. The molecule has 1 aliphatic rings. The van der Waals surface area contributed by atoms with E-state index >= 15 is 0 Å². The number of carbonyl (C=O) groups excluding carboxylic acids is 2.